The SMILES string of the molecule is CC(c1ccccc1)N1C(=O)C(=Cc2c(N3CCOCC3)c3ccccc3n(C)c2=O)SC1=S. The molecule has 6 nitrogen and oxygen atoms in total. The Morgan fingerprint density at radius 3 is 2.44 bits per heavy atom. The summed E-state index contributed by atoms with van der Waals surface area (Å²) in [5.74, 6) is -0.172. The van der Waals surface area contributed by atoms with Crippen molar-refractivity contribution in [3.8, 4) is 0 Å². The number of amides is 1. The van der Waals surface area contributed by atoms with Gasteiger partial charge in [0.2, 0.25) is 0 Å². The van der Waals surface area contributed by atoms with E-state index in [9.17, 15) is 9.59 Å². The lowest BCUT2D eigenvalue weighted by Gasteiger charge is -2.31. The standard InChI is InChI=1S/C26H25N3O3S2/c1-17(18-8-4-3-5-9-18)29-25(31)22(34-26(29)33)16-20-23(28-12-14-32-15-13-28)19-10-6-7-11-21(19)27(2)24(20)30/h3-11,16-17H,12-15H2,1-2H3. The third kappa shape index (κ3) is 3.96. The van der Waals surface area contributed by atoms with Gasteiger partial charge in [-0.2, -0.15) is 0 Å². The van der Waals surface area contributed by atoms with Gasteiger partial charge in [0.15, 0.2) is 0 Å². The molecule has 1 unspecified atom stereocenters. The van der Waals surface area contributed by atoms with Gasteiger partial charge in [0, 0.05) is 25.5 Å². The van der Waals surface area contributed by atoms with Gasteiger partial charge in [0.25, 0.3) is 11.5 Å². The number of pyridine rings is 1. The highest BCUT2D eigenvalue weighted by Crippen LogP contribution is 2.39. The summed E-state index contributed by atoms with van der Waals surface area (Å²) >= 11 is 6.85. The van der Waals surface area contributed by atoms with Crippen LogP contribution in [0.4, 0.5) is 5.69 Å². The molecular weight excluding hydrogens is 466 g/mol. The largest absolute Gasteiger partial charge is 0.378 e. The van der Waals surface area contributed by atoms with Crippen LogP contribution in [0.1, 0.15) is 24.1 Å². The molecule has 0 aliphatic carbocycles. The number of hydrogen-bond donors (Lipinski definition) is 0. The second-order valence-electron chi connectivity index (χ2n) is 8.38. The second-order valence-corrected chi connectivity index (χ2v) is 10.1. The number of nitrogens with zero attached hydrogens (tertiary/aromatic N) is 3. The van der Waals surface area contributed by atoms with Gasteiger partial charge in [0.1, 0.15) is 4.32 Å². The minimum atomic E-state index is -0.197. The Bertz CT molecular complexity index is 1360. The zero-order valence-electron chi connectivity index (χ0n) is 19.1. The zero-order chi connectivity index (χ0) is 23.8. The molecule has 174 valence electrons. The molecule has 3 heterocycles. The molecule has 2 saturated heterocycles. The van der Waals surface area contributed by atoms with E-state index in [2.05, 4.69) is 4.90 Å². The molecular formula is C26H25N3O3S2. The van der Waals surface area contributed by atoms with Crippen molar-refractivity contribution in [2.75, 3.05) is 31.2 Å². The van der Waals surface area contributed by atoms with Gasteiger partial charge >= 0.3 is 0 Å². The molecule has 2 aliphatic heterocycles. The summed E-state index contributed by atoms with van der Waals surface area (Å²) in [7, 11) is 1.77. The molecule has 0 saturated carbocycles. The number of ether oxygens (including phenoxy) is 1. The number of anilines is 1. The maximum Gasteiger partial charge on any atom is 0.266 e. The van der Waals surface area contributed by atoms with Crippen LogP contribution in [0.25, 0.3) is 17.0 Å². The quantitative estimate of drug-likeness (QED) is 0.400. The molecule has 1 atom stereocenters. The Hall–Kier alpha value is -2.94. The molecule has 0 bridgehead atoms. The van der Waals surface area contributed by atoms with Crippen molar-refractivity contribution in [2.45, 2.75) is 13.0 Å². The summed E-state index contributed by atoms with van der Waals surface area (Å²) in [6, 6.07) is 17.5. The number of fused-ring (bicyclic) bond motifs is 1. The Morgan fingerprint density at radius 1 is 1.03 bits per heavy atom. The highest BCUT2D eigenvalue weighted by atomic mass is 32.2. The molecule has 1 aromatic heterocycles. The van der Waals surface area contributed by atoms with E-state index in [1.54, 1.807) is 22.6 Å². The molecule has 0 radical (unpaired) electrons. The van der Waals surface area contributed by atoms with Crippen LogP contribution >= 0.6 is 24.0 Å². The first-order valence-corrected chi connectivity index (χ1v) is 12.5. The molecule has 3 aromatic rings. The van der Waals surface area contributed by atoms with Crippen LogP contribution in [0.15, 0.2) is 64.3 Å². The summed E-state index contributed by atoms with van der Waals surface area (Å²) < 4.78 is 7.70. The number of carbonyl (C=O) groups is 1. The van der Waals surface area contributed by atoms with Crippen LogP contribution in [-0.4, -0.2) is 46.0 Å². The third-order valence-electron chi connectivity index (χ3n) is 6.41. The van der Waals surface area contributed by atoms with Crippen molar-refractivity contribution < 1.29 is 9.53 Å². The molecule has 2 aliphatic rings. The number of thiocarbonyl (C=S) groups is 1. The van der Waals surface area contributed by atoms with Crippen molar-refractivity contribution in [1.29, 1.82) is 0 Å². The summed E-state index contributed by atoms with van der Waals surface area (Å²) in [6.45, 7) is 4.53. The van der Waals surface area contributed by atoms with Gasteiger partial charge < -0.3 is 14.2 Å². The number of morpholine rings is 1. The number of thioether (sulfide) groups is 1. The molecule has 1 amide bonds. The van der Waals surface area contributed by atoms with Crippen LogP contribution < -0.4 is 10.5 Å². The van der Waals surface area contributed by atoms with Crippen molar-refractivity contribution >= 4 is 56.9 Å². The fourth-order valence-electron chi connectivity index (χ4n) is 4.59. The fraction of sp³-hybridized carbons (Fsp3) is 0.269. The van der Waals surface area contributed by atoms with Crippen molar-refractivity contribution in [2.24, 2.45) is 7.05 Å². The van der Waals surface area contributed by atoms with E-state index in [-0.39, 0.29) is 17.5 Å². The van der Waals surface area contributed by atoms with Gasteiger partial charge in [-0.25, -0.2) is 0 Å². The monoisotopic (exact) mass is 491 g/mol. The van der Waals surface area contributed by atoms with Gasteiger partial charge in [-0.05, 0) is 24.6 Å². The molecule has 2 aromatic carbocycles. The molecule has 0 spiro atoms. The number of carbonyl (C=O) groups excluding carboxylic acids is 1. The van der Waals surface area contributed by atoms with Crippen LogP contribution in [0.2, 0.25) is 0 Å². The highest BCUT2D eigenvalue weighted by Gasteiger charge is 2.36. The predicted molar refractivity (Wildman–Crippen MR) is 142 cm³/mol. The lowest BCUT2D eigenvalue weighted by molar-refractivity contribution is -0.123. The first-order chi connectivity index (χ1) is 16.5. The van der Waals surface area contributed by atoms with E-state index in [0.717, 1.165) is 22.2 Å². The third-order valence-corrected chi connectivity index (χ3v) is 7.74. The molecule has 2 fully saturated rings. The topological polar surface area (TPSA) is 54.8 Å². The average molecular weight is 492 g/mol. The highest BCUT2D eigenvalue weighted by molar-refractivity contribution is 8.26. The smallest absolute Gasteiger partial charge is 0.266 e. The maximum atomic E-state index is 13.6. The van der Waals surface area contributed by atoms with Crippen molar-refractivity contribution in [1.82, 2.24) is 9.47 Å². The summed E-state index contributed by atoms with van der Waals surface area (Å²) in [4.78, 5) is 31.3. The second kappa shape index (κ2) is 9.37. The molecule has 8 heteroatoms. The minimum absolute atomic E-state index is 0.137. The average Bonchev–Trinajstić information content (AvgIpc) is 3.15. The van der Waals surface area contributed by atoms with Gasteiger partial charge in [-0.1, -0.05) is 72.5 Å². The Balaban J connectivity index is 1.63. The van der Waals surface area contributed by atoms with Crippen LogP contribution in [0.5, 0.6) is 0 Å². The lowest BCUT2D eigenvalue weighted by atomic mass is 10.1. The Kier molecular flexibility index (Phi) is 6.29. The van der Waals surface area contributed by atoms with E-state index in [4.69, 9.17) is 17.0 Å². The molecule has 0 N–H and O–H groups in total. The number of para-hydroxylation sites is 1. The van der Waals surface area contributed by atoms with E-state index in [0.29, 0.717) is 41.1 Å². The van der Waals surface area contributed by atoms with E-state index >= 15 is 0 Å². The molecule has 34 heavy (non-hydrogen) atoms. The first kappa shape index (κ1) is 22.8. The normalized spacial score (nSPS) is 18.8. The number of benzene rings is 2. The van der Waals surface area contributed by atoms with Crippen LogP contribution in [0, 0.1) is 0 Å². The van der Waals surface area contributed by atoms with Gasteiger partial charge in [-0.3, -0.25) is 14.5 Å². The minimum Gasteiger partial charge on any atom is -0.378 e. The summed E-state index contributed by atoms with van der Waals surface area (Å²) in [5.41, 5.74) is 3.09. The Morgan fingerprint density at radius 2 is 1.71 bits per heavy atom. The van der Waals surface area contributed by atoms with Gasteiger partial charge in [-0.15, -0.1) is 0 Å². The van der Waals surface area contributed by atoms with E-state index < -0.39 is 0 Å². The predicted octanol–water partition coefficient (Wildman–Crippen LogP) is 4.34. The van der Waals surface area contributed by atoms with Crippen molar-refractivity contribution in [3.63, 3.8) is 0 Å². The van der Waals surface area contributed by atoms with E-state index in [1.807, 2.05) is 61.5 Å². The number of rotatable bonds is 4. The summed E-state index contributed by atoms with van der Waals surface area (Å²) in [5, 5.41) is 0.978. The van der Waals surface area contributed by atoms with E-state index in [1.165, 1.54) is 11.8 Å². The maximum absolute atomic E-state index is 13.6. The lowest BCUT2D eigenvalue weighted by Crippen LogP contribution is -2.38. The number of aryl methyl sites for hydroxylation is 1. The number of hydrogen-bond acceptors (Lipinski definition) is 6. The molecule has 5 rings (SSSR count). The van der Waals surface area contributed by atoms with Gasteiger partial charge in [0.05, 0.1) is 40.9 Å². The zero-order valence-corrected chi connectivity index (χ0v) is 20.7. The van der Waals surface area contributed by atoms with Crippen LogP contribution in [-0.2, 0) is 16.6 Å². The van der Waals surface area contributed by atoms with Crippen LogP contribution in [0.3, 0.4) is 0 Å². The summed E-state index contributed by atoms with van der Waals surface area (Å²) in [6.07, 6.45) is 1.73. The Labute approximate surface area is 207 Å². The van der Waals surface area contributed by atoms with Crippen molar-refractivity contribution in [3.05, 3.63) is 81.0 Å². The fourth-order valence-corrected chi connectivity index (χ4v) is 5.99. The number of aromatic nitrogens is 1. The first-order valence-electron chi connectivity index (χ1n) is 11.2.